The van der Waals surface area contributed by atoms with Gasteiger partial charge in [0.05, 0.1) is 0 Å². The highest BCUT2D eigenvalue weighted by atomic mass is 16.4. The van der Waals surface area contributed by atoms with Gasteiger partial charge in [0, 0.05) is 12.5 Å². The number of hydrogen-bond acceptors (Lipinski definition) is 3. The second-order valence-corrected chi connectivity index (χ2v) is 4.54. The van der Waals surface area contributed by atoms with Crippen molar-refractivity contribution in [2.45, 2.75) is 38.1 Å². The molecule has 0 aliphatic heterocycles. The summed E-state index contributed by atoms with van der Waals surface area (Å²) in [6.07, 6.45) is 2.82. The van der Waals surface area contributed by atoms with Gasteiger partial charge in [0.25, 0.3) is 0 Å². The summed E-state index contributed by atoms with van der Waals surface area (Å²) >= 11 is 0. The first kappa shape index (κ1) is 13.0. The van der Waals surface area contributed by atoms with Crippen LogP contribution in [0.15, 0.2) is 0 Å². The monoisotopic (exact) mass is 228 g/mol. The van der Waals surface area contributed by atoms with Gasteiger partial charge in [-0.25, -0.2) is 4.79 Å². The van der Waals surface area contributed by atoms with E-state index in [1.807, 2.05) is 0 Å². The number of carbonyl (C=O) groups is 2. The molecule has 1 unspecified atom stereocenters. The molecular weight excluding hydrogens is 208 g/mol. The summed E-state index contributed by atoms with van der Waals surface area (Å²) in [7, 11) is 1.77. The molecule has 1 fully saturated rings. The molecule has 0 aromatic rings. The van der Waals surface area contributed by atoms with Gasteiger partial charge in [-0.05, 0) is 19.9 Å². The first-order valence-corrected chi connectivity index (χ1v) is 5.72. The number of carbonyl (C=O) groups excluding carboxylic acids is 1. The number of carboxylic acid groups (broad SMARTS) is 1. The lowest BCUT2D eigenvalue weighted by Gasteiger charge is -2.27. The molecule has 1 aliphatic rings. The van der Waals surface area contributed by atoms with E-state index in [-0.39, 0.29) is 11.8 Å². The molecule has 0 bridgehead atoms. The molecule has 5 heteroatoms. The second kappa shape index (κ2) is 5.30. The van der Waals surface area contributed by atoms with Crippen LogP contribution in [-0.4, -0.2) is 36.1 Å². The Morgan fingerprint density at radius 1 is 1.38 bits per heavy atom. The summed E-state index contributed by atoms with van der Waals surface area (Å²) in [5, 5.41) is 14.8. The van der Waals surface area contributed by atoms with E-state index in [9.17, 15) is 14.7 Å². The van der Waals surface area contributed by atoms with Crippen molar-refractivity contribution in [1.29, 1.82) is 0 Å². The van der Waals surface area contributed by atoms with Gasteiger partial charge in [0.15, 0.2) is 0 Å². The fourth-order valence-electron chi connectivity index (χ4n) is 2.13. The Kier molecular flexibility index (Phi) is 4.29. The third-order valence-corrected chi connectivity index (χ3v) is 3.19. The fraction of sp³-hybridized carbons (Fsp3) is 0.818. The number of nitrogens with one attached hydrogen (secondary N) is 2. The van der Waals surface area contributed by atoms with E-state index in [2.05, 4.69) is 10.6 Å². The SMILES string of the molecule is CNCC(C)C(=O)NC1(C(=O)O)CCCC1. The second-order valence-electron chi connectivity index (χ2n) is 4.54. The van der Waals surface area contributed by atoms with Crippen LogP contribution in [0.3, 0.4) is 0 Å². The number of aliphatic carboxylic acids is 1. The number of carboxylic acids is 1. The van der Waals surface area contributed by atoms with Crippen LogP contribution >= 0.6 is 0 Å². The maximum Gasteiger partial charge on any atom is 0.329 e. The summed E-state index contributed by atoms with van der Waals surface area (Å²) in [5.74, 6) is -1.30. The van der Waals surface area contributed by atoms with Crippen LogP contribution in [0.25, 0.3) is 0 Å². The number of rotatable bonds is 5. The topological polar surface area (TPSA) is 78.4 Å². The molecule has 0 radical (unpaired) electrons. The minimum atomic E-state index is -1.01. The average Bonchev–Trinajstić information content (AvgIpc) is 2.68. The quantitative estimate of drug-likeness (QED) is 0.634. The van der Waals surface area contributed by atoms with Gasteiger partial charge in [-0.1, -0.05) is 19.8 Å². The standard InChI is InChI=1S/C11H20N2O3/c1-8(7-12-2)9(14)13-11(10(15)16)5-3-4-6-11/h8,12H,3-7H2,1-2H3,(H,13,14)(H,15,16). The molecule has 5 nitrogen and oxygen atoms in total. The Morgan fingerprint density at radius 2 is 1.94 bits per heavy atom. The van der Waals surface area contributed by atoms with Gasteiger partial charge in [-0.2, -0.15) is 0 Å². The molecule has 0 aromatic carbocycles. The molecule has 1 atom stereocenters. The number of amides is 1. The highest BCUT2D eigenvalue weighted by Gasteiger charge is 2.43. The molecule has 1 aliphatic carbocycles. The fourth-order valence-corrected chi connectivity index (χ4v) is 2.13. The molecule has 0 spiro atoms. The Bertz CT molecular complexity index is 272. The van der Waals surface area contributed by atoms with Crippen LogP contribution in [0.4, 0.5) is 0 Å². The predicted octanol–water partition coefficient (Wildman–Crippen LogP) is 0.355. The summed E-state index contributed by atoms with van der Waals surface area (Å²) in [6.45, 7) is 2.35. The Labute approximate surface area is 95.6 Å². The van der Waals surface area contributed by atoms with E-state index in [4.69, 9.17) is 0 Å². The lowest BCUT2D eigenvalue weighted by atomic mass is 9.96. The summed E-state index contributed by atoms with van der Waals surface area (Å²) in [5.41, 5.74) is -1.01. The van der Waals surface area contributed by atoms with E-state index < -0.39 is 11.5 Å². The van der Waals surface area contributed by atoms with Crippen molar-refractivity contribution in [3.8, 4) is 0 Å². The van der Waals surface area contributed by atoms with Crippen LogP contribution in [0.2, 0.25) is 0 Å². The third-order valence-electron chi connectivity index (χ3n) is 3.19. The highest BCUT2D eigenvalue weighted by molar-refractivity contribution is 5.88. The van der Waals surface area contributed by atoms with Gasteiger partial charge >= 0.3 is 5.97 Å². The molecule has 92 valence electrons. The molecule has 0 saturated heterocycles. The van der Waals surface area contributed by atoms with Crippen LogP contribution in [-0.2, 0) is 9.59 Å². The smallest absolute Gasteiger partial charge is 0.329 e. The largest absolute Gasteiger partial charge is 0.480 e. The molecular formula is C11H20N2O3. The van der Waals surface area contributed by atoms with Crippen LogP contribution in [0.1, 0.15) is 32.6 Å². The van der Waals surface area contributed by atoms with Crippen molar-refractivity contribution in [1.82, 2.24) is 10.6 Å². The van der Waals surface area contributed by atoms with Crippen molar-refractivity contribution in [2.24, 2.45) is 5.92 Å². The van der Waals surface area contributed by atoms with Gasteiger partial charge in [-0.3, -0.25) is 4.79 Å². The van der Waals surface area contributed by atoms with Crippen molar-refractivity contribution < 1.29 is 14.7 Å². The molecule has 16 heavy (non-hydrogen) atoms. The average molecular weight is 228 g/mol. The van der Waals surface area contributed by atoms with Crippen LogP contribution in [0.5, 0.6) is 0 Å². The number of hydrogen-bond donors (Lipinski definition) is 3. The summed E-state index contributed by atoms with van der Waals surface area (Å²) < 4.78 is 0. The van der Waals surface area contributed by atoms with E-state index in [1.54, 1.807) is 14.0 Å². The van der Waals surface area contributed by atoms with E-state index in [0.29, 0.717) is 19.4 Å². The van der Waals surface area contributed by atoms with Crippen molar-refractivity contribution >= 4 is 11.9 Å². The van der Waals surface area contributed by atoms with Crippen LogP contribution < -0.4 is 10.6 Å². The minimum Gasteiger partial charge on any atom is -0.480 e. The third kappa shape index (κ3) is 2.72. The zero-order valence-corrected chi connectivity index (χ0v) is 9.88. The molecule has 0 aromatic heterocycles. The molecule has 0 heterocycles. The van der Waals surface area contributed by atoms with Gasteiger partial charge in [0.1, 0.15) is 5.54 Å². The lowest BCUT2D eigenvalue weighted by Crippen LogP contribution is -2.54. The van der Waals surface area contributed by atoms with E-state index in [0.717, 1.165) is 12.8 Å². The zero-order valence-electron chi connectivity index (χ0n) is 9.88. The molecule has 1 saturated carbocycles. The van der Waals surface area contributed by atoms with Gasteiger partial charge < -0.3 is 15.7 Å². The normalized spacial score (nSPS) is 20.4. The summed E-state index contributed by atoms with van der Waals surface area (Å²) in [4.78, 5) is 23.0. The van der Waals surface area contributed by atoms with Gasteiger partial charge in [-0.15, -0.1) is 0 Å². The van der Waals surface area contributed by atoms with Crippen LogP contribution in [0, 0.1) is 5.92 Å². The maximum atomic E-state index is 11.8. The molecule has 1 amide bonds. The lowest BCUT2D eigenvalue weighted by molar-refractivity contribution is -0.148. The molecule has 1 rings (SSSR count). The van der Waals surface area contributed by atoms with E-state index >= 15 is 0 Å². The first-order valence-electron chi connectivity index (χ1n) is 5.72. The van der Waals surface area contributed by atoms with Crippen molar-refractivity contribution in [2.75, 3.05) is 13.6 Å². The van der Waals surface area contributed by atoms with E-state index in [1.165, 1.54) is 0 Å². The minimum absolute atomic E-state index is 0.182. The van der Waals surface area contributed by atoms with Crippen molar-refractivity contribution in [3.05, 3.63) is 0 Å². The Balaban J connectivity index is 2.62. The van der Waals surface area contributed by atoms with Gasteiger partial charge in [0.2, 0.25) is 5.91 Å². The highest BCUT2D eigenvalue weighted by Crippen LogP contribution is 2.30. The zero-order chi connectivity index (χ0) is 12.2. The van der Waals surface area contributed by atoms with Crippen molar-refractivity contribution in [3.63, 3.8) is 0 Å². The summed E-state index contributed by atoms with van der Waals surface area (Å²) in [6, 6.07) is 0. The Morgan fingerprint density at radius 3 is 2.38 bits per heavy atom. The first-order chi connectivity index (χ1) is 7.52. The Hall–Kier alpha value is -1.10. The predicted molar refractivity (Wildman–Crippen MR) is 60.1 cm³/mol. The molecule has 3 N–H and O–H groups in total. The maximum absolute atomic E-state index is 11.8.